The molecule has 1 spiro atoms. The molecular formula is C27H27Cl. The number of benzene rings is 2. The second kappa shape index (κ2) is 5.63. The average molecular weight is 387 g/mol. The van der Waals surface area contributed by atoms with Crippen molar-refractivity contribution >= 4 is 17.2 Å². The topological polar surface area (TPSA) is 0 Å². The molecule has 6 rings (SSSR count). The van der Waals surface area contributed by atoms with Gasteiger partial charge in [0.15, 0.2) is 0 Å². The minimum atomic E-state index is 0.0837. The predicted octanol–water partition coefficient (Wildman–Crippen LogP) is 7.71. The number of hydrogen-bond donors (Lipinski definition) is 0. The van der Waals surface area contributed by atoms with E-state index in [9.17, 15) is 0 Å². The van der Waals surface area contributed by atoms with Crippen molar-refractivity contribution in [1.82, 2.24) is 0 Å². The van der Waals surface area contributed by atoms with E-state index in [0.717, 1.165) is 5.02 Å². The molecule has 4 aliphatic rings. The number of rotatable bonds is 0. The Morgan fingerprint density at radius 3 is 2.54 bits per heavy atom. The maximum atomic E-state index is 6.44. The van der Waals surface area contributed by atoms with E-state index in [-0.39, 0.29) is 10.8 Å². The van der Waals surface area contributed by atoms with E-state index in [0.29, 0.717) is 5.92 Å². The van der Waals surface area contributed by atoms with Crippen molar-refractivity contribution in [2.45, 2.75) is 69.1 Å². The van der Waals surface area contributed by atoms with E-state index in [1.165, 1.54) is 55.2 Å². The minimum absolute atomic E-state index is 0.0837. The molecule has 0 N–H and O–H groups in total. The third-order valence-electron chi connectivity index (χ3n) is 8.21. The summed E-state index contributed by atoms with van der Waals surface area (Å²) in [7, 11) is 0. The van der Waals surface area contributed by atoms with Gasteiger partial charge in [-0.3, -0.25) is 0 Å². The average Bonchev–Trinajstić information content (AvgIpc) is 3.09. The van der Waals surface area contributed by atoms with Gasteiger partial charge in [0.05, 0.1) is 0 Å². The van der Waals surface area contributed by atoms with E-state index in [1.54, 1.807) is 22.3 Å². The standard InChI is InChI=1S/C27H27Cl/c1-26(2)22-11-10-17(28)14-19(22)21-16-25-20(15-24(21)26)18-8-4-5-9-23(18)27(25)12-6-3-7-13-27/h4-5,8-11,14-15,21H,3,6-7,12-13,16H2,1-2H3. The molecule has 0 nitrogen and oxygen atoms in total. The van der Waals surface area contributed by atoms with Crippen LogP contribution in [-0.4, -0.2) is 0 Å². The van der Waals surface area contributed by atoms with Crippen molar-refractivity contribution in [2.75, 3.05) is 0 Å². The summed E-state index contributed by atoms with van der Waals surface area (Å²) >= 11 is 6.44. The van der Waals surface area contributed by atoms with Gasteiger partial charge in [0.25, 0.3) is 0 Å². The maximum Gasteiger partial charge on any atom is 0.0409 e. The lowest BCUT2D eigenvalue weighted by molar-refractivity contribution is 0.335. The molecule has 0 amide bonds. The Hall–Kier alpha value is -1.79. The second-order valence-electron chi connectivity index (χ2n) is 9.79. The van der Waals surface area contributed by atoms with E-state index < -0.39 is 0 Å². The monoisotopic (exact) mass is 386 g/mol. The molecule has 0 heterocycles. The van der Waals surface area contributed by atoms with Gasteiger partial charge in [0, 0.05) is 21.8 Å². The van der Waals surface area contributed by atoms with Gasteiger partial charge in [-0.2, -0.15) is 0 Å². The van der Waals surface area contributed by atoms with Crippen LogP contribution >= 0.6 is 11.6 Å². The Labute approximate surface area is 173 Å². The van der Waals surface area contributed by atoms with Gasteiger partial charge < -0.3 is 0 Å². The van der Waals surface area contributed by atoms with E-state index >= 15 is 0 Å². The lowest BCUT2D eigenvalue weighted by Gasteiger charge is -2.40. The molecule has 142 valence electrons. The van der Waals surface area contributed by atoms with Gasteiger partial charge in [-0.15, -0.1) is 0 Å². The van der Waals surface area contributed by atoms with Crippen LogP contribution < -0.4 is 0 Å². The lowest BCUT2D eigenvalue weighted by atomic mass is 9.63. The number of halogens is 1. The summed E-state index contributed by atoms with van der Waals surface area (Å²) in [6, 6.07) is 15.8. The molecule has 1 fully saturated rings. The first-order valence-electron chi connectivity index (χ1n) is 10.9. The van der Waals surface area contributed by atoms with Crippen LogP contribution in [0.4, 0.5) is 0 Å². The third kappa shape index (κ3) is 2.03. The molecular weight excluding hydrogens is 360 g/mol. The molecule has 1 heteroatoms. The fraction of sp³-hybridized carbons (Fsp3) is 0.407. The van der Waals surface area contributed by atoms with E-state index in [2.05, 4.69) is 62.4 Å². The highest BCUT2D eigenvalue weighted by molar-refractivity contribution is 6.30. The molecule has 1 atom stereocenters. The van der Waals surface area contributed by atoms with E-state index in [4.69, 9.17) is 11.6 Å². The first-order valence-corrected chi connectivity index (χ1v) is 11.3. The summed E-state index contributed by atoms with van der Waals surface area (Å²) in [5.74, 6) is 0.496. The minimum Gasteiger partial charge on any atom is -0.0843 e. The van der Waals surface area contributed by atoms with Crippen molar-refractivity contribution < 1.29 is 0 Å². The van der Waals surface area contributed by atoms with Crippen molar-refractivity contribution in [1.29, 1.82) is 0 Å². The van der Waals surface area contributed by atoms with Crippen LogP contribution in [0.1, 0.15) is 80.5 Å². The Balaban J connectivity index is 1.58. The Morgan fingerprint density at radius 2 is 1.71 bits per heavy atom. The van der Waals surface area contributed by atoms with Crippen LogP contribution in [0.5, 0.6) is 0 Å². The van der Waals surface area contributed by atoms with Gasteiger partial charge in [0.1, 0.15) is 0 Å². The fourth-order valence-electron chi connectivity index (χ4n) is 6.93. The molecule has 0 bridgehead atoms. The van der Waals surface area contributed by atoms with Crippen LogP contribution in [-0.2, 0) is 10.8 Å². The van der Waals surface area contributed by atoms with Crippen LogP contribution in [0.3, 0.4) is 0 Å². The quantitative estimate of drug-likeness (QED) is 0.434. The molecule has 0 aliphatic heterocycles. The highest BCUT2D eigenvalue weighted by Gasteiger charge is 2.51. The molecule has 1 unspecified atom stereocenters. The molecule has 2 aromatic rings. The third-order valence-corrected chi connectivity index (χ3v) is 8.45. The molecule has 28 heavy (non-hydrogen) atoms. The molecule has 1 saturated carbocycles. The lowest BCUT2D eigenvalue weighted by Crippen LogP contribution is -2.31. The van der Waals surface area contributed by atoms with Gasteiger partial charge in [-0.1, -0.05) is 92.3 Å². The molecule has 4 aliphatic carbocycles. The SMILES string of the molecule is CC1(C)C2=CC3=C(CC2c2cc(Cl)ccc21)C1(CCCCC1)c1ccccc13. The second-order valence-corrected chi connectivity index (χ2v) is 10.2. The van der Waals surface area contributed by atoms with Gasteiger partial charge >= 0.3 is 0 Å². The Morgan fingerprint density at radius 1 is 0.929 bits per heavy atom. The zero-order chi connectivity index (χ0) is 19.1. The number of allylic oxidation sites excluding steroid dienone is 4. The van der Waals surface area contributed by atoms with Crippen LogP contribution in [0.15, 0.2) is 59.7 Å². The zero-order valence-corrected chi connectivity index (χ0v) is 17.6. The summed E-state index contributed by atoms with van der Waals surface area (Å²) in [6.07, 6.45) is 10.5. The van der Waals surface area contributed by atoms with Crippen LogP contribution in [0.2, 0.25) is 5.02 Å². The van der Waals surface area contributed by atoms with Crippen LogP contribution in [0, 0.1) is 0 Å². The smallest absolute Gasteiger partial charge is 0.0409 e. The zero-order valence-electron chi connectivity index (χ0n) is 16.8. The van der Waals surface area contributed by atoms with Gasteiger partial charge in [0.2, 0.25) is 0 Å². The Bertz CT molecular complexity index is 1060. The largest absolute Gasteiger partial charge is 0.0843 e. The molecule has 0 aromatic heterocycles. The summed E-state index contributed by atoms with van der Waals surface area (Å²) in [5.41, 5.74) is 11.3. The fourth-order valence-corrected chi connectivity index (χ4v) is 7.11. The highest BCUT2D eigenvalue weighted by atomic mass is 35.5. The summed E-state index contributed by atoms with van der Waals surface area (Å²) in [6.45, 7) is 4.79. The summed E-state index contributed by atoms with van der Waals surface area (Å²) < 4.78 is 0. The summed E-state index contributed by atoms with van der Waals surface area (Å²) in [4.78, 5) is 0. The van der Waals surface area contributed by atoms with Gasteiger partial charge in [-0.25, -0.2) is 0 Å². The van der Waals surface area contributed by atoms with Crippen LogP contribution in [0.25, 0.3) is 5.57 Å². The molecule has 0 radical (unpaired) electrons. The molecule has 0 saturated heterocycles. The Kier molecular flexibility index (Phi) is 3.44. The first kappa shape index (κ1) is 17.1. The van der Waals surface area contributed by atoms with Crippen molar-refractivity contribution in [3.63, 3.8) is 0 Å². The number of hydrogen-bond acceptors (Lipinski definition) is 0. The van der Waals surface area contributed by atoms with Gasteiger partial charge in [-0.05, 0) is 59.2 Å². The summed E-state index contributed by atoms with van der Waals surface area (Å²) in [5, 5.41) is 0.873. The normalized spacial score (nSPS) is 25.8. The molecule has 2 aromatic carbocycles. The first-order chi connectivity index (χ1) is 13.5. The van der Waals surface area contributed by atoms with Crippen molar-refractivity contribution in [3.8, 4) is 0 Å². The highest BCUT2D eigenvalue weighted by Crippen LogP contribution is 2.63. The maximum absolute atomic E-state index is 6.44. The van der Waals surface area contributed by atoms with Crippen molar-refractivity contribution in [2.24, 2.45) is 0 Å². The predicted molar refractivity (Wildman–Crippen MR) is 118 cm³/mol. The van der Waals surface area contributed by atoms with Crippen molar-refractivity contribution in [3.05, 3.63) is 87.0 Å². The van der Waals surface area contributed by atoms with E-state index in [1.807, 2.05) is 0 Å². The number of fused-ring (bicyclic) bond motifs is 7.